The maximum Gasteiger partial charge on any atom is 0.240 e. The molecule has 1 aromatic rings. The van der Waals surface area contributed by atoms with Crippen molar-refractivity contribution in [3.63, 3.8) is 0 Å². The van der Waals surface area contributed by atoms with Gasteiger partial charge in [0.05, 0.1) is 4.90 Å². The van der Waals surface area contributed by atoms with Crippen LogP contribution in [0.2, 0.25) is 0 Å². The van der Waals surface area contributed by atoms with Gasteiger partial charge in [-0.3, -0.25) is 0 Å². The zero-order chi connectivity index (χ0) is 15.3. The molecule has 1 aliphatic heterocycles. The molecule has 0 spiro atoms. The van der Waals surface area contributed by atoms with Gasteiger partial charge in [-0.2, -0.15) is 23.5 Å². The van der Waals surface area contributed by atoms with E-state index in [1.54, 1.807) is 12.1 Å². The molecule has 4 nitrogen and oxygen atoms in total. The van der Waals surface area contributed by atoms with E-state index >= 15 is 0 Å². The van der Waals surface area contributed by atoms with Crippen molar-refractivity contribution < 1.29 is 8.42 Å². The number of sulfonamides is 1. The third-order valence-electron chi connectivity index (χ3n) is 3.47. The molecule has 1 heterocycles. The van der Waals surface area contributed by atoms with Gasteiger partial charge in [-0.05, 0) is 29.7 Å². The Morgan fingerprint density at radius 2 is 2.14 bits per heavy atom. The molecule has 118 valence electrons. The summed E-state index contributed by atoms with van der Waals surface area (Å²) in [6.07, 6.45) is 0.857. The van der Waals surface area contributed by atoms with Crippen LogP contribution in [0.5, 0.6) is 0 Å². The highest BCUT2D eigenvalue weighted by molar-refractivity contribution is 8.06. The number of benzene rings is 1. The first-order chi connectivity index (χ1) is 10.1. The standard InChI is InChI=1S/C14H22N2O2S3/c1-2-11-3-4-14(7-12(11)8-15)21(17,18)16-9-13-10-19-5-6-20-13/h3-4,7,13,16H,2,5-6,8-10,15H2,1H3. The van der Waals surface area contributed by atoms with E-state index < -0.39 is 10.0 Å². The van der Waals surface area contributed by atoms with Gasteiger partial charge in [0.1, 0.15) is 0 Å². The number of nitrogens with two attached hydrogens (primary N) is 1. The number of hydrogen-bond donors (Lipinski definition) is 2. The molecule has 0 amide bonds. The predicted octanol–water partition coefficient (Wildman–Crippen LogP) is 1.83. The Hall–Kier alpha value is -0.210. The highest BCUT2D eigenvalue weighted by Gasteiger charge is 2.20. The molecule has 1 aromatic carbocycles. The summed E-state index contributed by atoms with van der Waals surface area (Å²) < 4.78 is 27.5. The summed E-state index contributed by atoms with van der Waals surface area (Å²) in [5.74, 6) is 3.27. The van der Waals surface area contributed by atoms with Crippen LogP contribution < -0.4 is 10.5 Å². The van der Waals surface area contributed by atoms with Crippen LogP contribution in [0, 0.1) is 0 Å². The van der Waals surface area contributed by atoms with Gasteiger partial charge >= 0.3 is 0 Å². The minimum atomic E-state index is -3.45. The Morgan fingerprint density at radius 1 is 1.33 bits per heavy atom. The maximum absolute atomic E-state index is 12.4. The molecule has 0 bridgehead atoms. The zero-order valence-corrected chi connectivity index (χ0v) is 14.6. The monoisotopic (exact) mass is 346 g/mol. The van der Waals surface area contributed by atoms with Gasteiger partial charge in [-0.25, -0.2) is 13.1 Å². The lowest BCUT2D eigenvalue weighted by atomic mass is 10.1. The van der Waals surface area contributed by atoms with Crippen LogP contribution in [0.3, 0.4) is 0 Å². The molecule has 1 fully saturated rings. The highest BCUT2D eigenvalue weighted by atomic mass is 32.2. The van der Waals surface area contributed by atoms with E-state index in [0.29, 0.717) is 23.2 Å². The average molecular weight is 347 g/mol. The molecular formula is C14H22N2O2S3. The Morgan fingerprint density at radius 3 is 2.76 bits per heavy atom. The lowest BCUT2D eigenvalue weighted by molar-refractivity contribution is 0.581. The smallest absolute Gasteiger partial charge is 0.240 e. The van der Waals surface area contributed by atoms with Crippen molar-refractivity contribution in [3.8, 4) is 0 Å². The SMILES string of the molecule is CCc1ccc(S(=O)(=O)NCC2CSCCS2)cc1CN. The van der Waals surface area contributed by atoms with Crippen LogP contribution >= 0.6 is 23.5 Å². The molecule has 0 aromatic heterocycles. The van der Waals surface area contributed by atoms with E-state index in [1.807, 2.05) is 36.5 Å². The second kappa shape index (κ2) is 7.87. The van der Waals surface area contributed by atoms with Gasteiger partial charge in [-0.15, -0.1) is 0 Å². The number of nitrogens with one attached hydrogen (secondary N) is 1. The summed E-state index contributed by atoms with van der Waals surface area (Å²) in [5, 5.41) is 0.363. The Balaban J connectivity index is 2.07. The molecule has 1 aliphatic rings. The largest absolute Gasteiger partial charge is 0.326 e. The summed E-state index contributed by atoms with van der Waals surface area (Å²) >= 11 is 3.73. The van der Waals surface area contributed by atoms with Gasteiger partial charge in [0.2, 0.25) is 10.0 Å². The quantitative estimate of drug-likeness (QED) is 0.822. The van der Waals surface area contributed by atoms with E-state index in [1.165, 1.54) is 0 Å². The van der Waals surface area contributed by atoms with Crippen molar-refractivity contribution in [2.75, 3.05) is 23.8 Å². The van der Waals surface area contributed by atoms with Crippen molar-refractivity contribution in [1.82, 2.24) is 4.72 Å². The molecule has 1 unspecified atom stereocenters. The number of hydrogen-bond acceptors (Lipinski definition) is 5. The first-order valence-electron chi connectivity index (χ1n) is 7.07. The van der Waals surface area contributed by atoms with Crippen LogP contribution in [-0.2, 0) is 23.0 Å². The van der Waals surface area contributed by atoms with Crippen molar-refractivity contribution in [2.45, 2.75) is 30.0 Å². The molecule has 0 saturated carbocycles. The summed E-state index contributed by atoms with van der Waals surface area (Å²) in [5.41, 5.74) is 7.72. The van der Waals surface area contributed by atoms with Crippen molar-refractivity contribution >= 4 is 33.5 Å². The fraction of sp³-hybridized carbons (Fsp3) is 0.571. The van der Waals surface area contributed by atoms with Crippen LogP contribution in [0.1, 0.15) is 18.1 Å². The normalized spacial score (nSPS) is 19.6. The lowest BCUT2D eigenvalue weighted by Gasteiger charge is -2.21. The lowest BCUT2D eigenvalue weighted by Crippen LogP contribution is -2.33. The summed E-state index contributed by atoms with van der Waals surface area (Å²) in [6, 6.07) is 5.23. The summed E-state index contributed by atoms with van der Waals surface area (Å²) in [4.78, 5) is 0.314. The molecule has 0 aliphatic carbocycles. The highest BCUT2D eigenvalue weighted by Crippen LogP contribution is 2.24. The molecule has 0 radical (unpaired) electrons. The first-order valence-corrected chi connectivity index (χ1v) is 10.8. The Bertz CT molecular complexity index is 570. The molecule has 7 heteroatoms. The average Bonchev–Trinajstić information content (AvgIpc) is 2.53. The van der Waals surface area contributed by atoms with E-state index in [9.17, 15) is 8.42 Å². The molecule has 2 rings (SSSR count). The molecule has 1 saturated heterocycles. The van der Waals surface area contributed by atoms with E-state index in [4.69, 9.17) is 5.73 Å². The van der Waals surface area contributed by atoms with Crippen molar-refractivity contribution in [1.29, 1.82) is 0 Å². The molecule has 21 heavy (non-hydrogen) atoms. The minimum absolute atomic E-state index is 0.314. The second-order valence-corrected chi connectivity index (χ2v) is 9.23. The van der Waals surface area contributed by atoms with Gasteiger partial charge in [-0.1, -0.05) is 13.0 Å². The number of thioether (sulfide) groups is 2. The van der Waals surface area contributed by atoms with Gasteiger partial charge < -0.3 is 5.73 Å². The molecular weight excluding hydrogens is 324 g/mol. The van der Waals surface area contributed by atoms with Crippen LogP contribution in [0.4, 0.5) is 0 Å². The fourth-order valence-electron chi connectivity index (χ4n) is 2.24. The first kappa shape index (κ1) is 17.1. The topological polar surface area (TPSA) is 72.2 Å². The third-order valence-corrected chi connectivity index (χ3v) is 7.74. The van der Waals surface area contributed by atoms with Gasteiger partial charge in [0.15, 0.2) is 0 Å². The molecule has 1 atom stereocenters. The van der Waals surface area contributed by atoms with Gasteiger partial charge in [0, 0.05) is 35.6 Å². The Kier molecular flexibility index (Phi) is 6.43. The molecule has 3 N–H and O–H groups in total. The third kappa shape index (κ3) is 4.63. The summed E-state index contributed by atoms with van der Waals surface area (Å²) in [6.45, 7) is 2.90. The van der Waals surface area contributed by atoms with Crippen molar-refractivity contribution in [3.05, 3.63) is 29.3 Å². The maximum atomic E-state index is 12.4. The Labute approximate surface area is 135 Å². The van der Waals surface area contributed by atoms with Crippen LogP contribution in [-0.4, -0.2) is 37.5 Å². The van der Waals surface area contributed by atoms with Crippen molar-refractivity contribution in [2.24, 2.45) is 5.73 Å². The van der Waals surface area contributed by atoms with E-state index in [0.717, 1.165) is 34.8 Å². The zero-order valence-electron chi connectivity index (χ0n) is 12.2. The predicted molar refractivity (Wildman–Crippen MR) is 92.5 cm³/mol. The fourth-order valence-corrected chi connectivity index (χ4v) is 6.09. The summed E-state index contributed by atoms with van der Waals surface area (Å²) in [7, 11) is -3.45. The van der Waals surface area contributed by atoms with Gasteiger partial charge in [0.25, 0.3) is 0 Å². The van der Waals surface area contributed by atoms with Crippen LogP contribution in [0.15, 0.2) is 23.1 Å². The number of rotatable bonds is 6. The second-order valence-electron chi connectivity index (χ2n) is 4.91. The minimum Gasteiger partial charge on any atom is -0.326 e. The number of aryl methyl sites for hydroxylation is 1. The van der Waals surface area contributed by atoms with E-state index in [2.05, 4.69) is 4.72 Å². The van der Waals surface area contributed by atoms with E-state index in [-0.39, 0.29) is 0 Å². The van der Waals surface area contributed by atoms with Crippen LogP contribution in [0.25, 0.3) is 0 Å².